The van der Waals surface area contributed by atoms with Gasteiger partial charge in [0.25, 0.3) is 0 Å². The molecule has 0 unspecified atom stereocenters. The average molecular weight is 164 g/mol. The van der Waals surface area contributed by atoms with Crippen molar-refractivity contribution in [3.63, 3.8) is 0 Å². The van der Waals surface area contributed by atoms with Crippen LogP contribution in [0, 0.1) is 0 Å². The van der Waals surface area contributed by atoms with E-state index in [2.05, 4.69) is 17.9 Å². The maximum atomic E-state index is 10.9. The molecule has 0 aromatic heterocycles. The molecule has 0 atom stereocenters. The normalized spacial score (nSPS) is 11.2. The monoisotopic (exact) mass is 164 g/mol. The molecule has 64 valence electrons. The second-order valence-corrected chi connectivity index (χ2v) is 1.94. The molecule has 0 amide bonds. The van der Waals surface area contributed by atoms with Crippen molar-refractivity contribution < 1.29 is 9.53 Å². The molecule has 0 aliphatic carbocycles. The Hall–Kier alpha value is -1.57. The predicted molar refractivity (Wildman–Crippen MR) is 49.6 cm³/mol. The van der Waals surface area contributed by atoms with Crippen molar-refractivity contribution in [2.24, 2.45) is 0 Å². The largest absolute Gasteiger partial charge is 0.465 e. The number of hydrogen-bond donors (Lipinski definition) is 0. The fourth-order valence-electron chi connectivity index (χ4n) is 0.575. The molecular formula is C10H12O2. The first-order valence-corrected chi connectivity index (χ1v) is 3.46. The molecule has 12 heavy (non-hydrogen) atoms. The fourth-order valence-corrected chi connectivity index (χ4v) is 0.575. The second kappa shape index (κ2) is 6.16. The first kappa shape index (κ1) is 10.4. The van der Waals surface area contributed by atoms with Crippen molar-refractivity contribution in [1.82, 2.24) is 0 Å². The number of rotatable bonds is 4. The van der Waals surface area contributed by atoms with Gasteiger partial charge in [0.1, 0.15) is 0 Å². The third kappa shape index (κ3) is 3.56. The molecule has 0 heterocycles. The highest BCUT2D eigenvalue weighted by Crippen LogP contribution is 1.98. The van der Waals surface area contributed by atoms with Gasteiger partial charge in [-0.2, -0.15) is 0 Å². The van der Waals surface area contributed by atoms with E-state index in [1.807, 2.05) is 0 Å². The minimum Gasteiger partial charge on any atom is -0.465 e. The third-order valence-electron chi connectivity index (χ3n) is 1.16. The lowest BCUT2D eigenvalue weighted by atomic mass is 10.2. The number of carbonyl (C=O) groups excluding carboxylic acids is 1. The third-order valence-corrected chi connectivity index (χ3v) is 1.16. The Morgan fingerprint density at radius 3 is 2.42 bits per heavy atom. The zero-order valence-corrected chi connectivity index (χ0v) is 7.12. The van der Waals surface area contributed by atoms with Crippen LogP contribution in [0.1, 0.15) is 0 Å². The van der Waals surface area contributed by atoms with Crippen molar-refractivity contribution in [2.45, 2.75) is 0 Å². The lowest BCUT2D eigenvalue weighted by Crippen LogP contribution is -2.01. The van der Waals surface area contributed by atoms with E-state index in [0.717, 1.165) is 0 Å². The van der Waals surface area contributed by atoms with E-state index in [0.29, 0.717) is 5.57 Å². The van der Waals surface area contributed by atoms with E-state index >= 15 is 0 Å². The van der Waals surface area contributed by atoms with E-state index in [4.69, 9.17) is 0 Å². The van der Waals surface area contributed by atoms with E-state index < -0.39 is 5.97 Å². The van der Waals surface area contributed by atoms with Crippen molar-refractivity contribution in [1.29, 1.82) is 0 Å². The van der Waals surface area contributed by atoms with Crippen LogP contribution in [0.3, 0.4) is 0 Å². The Morgan fingerprint density at radius 2 is 2.00 bits per heavy atom. The highest BCUT2D eigenvalue weighted by molar-refractivity contribution is 5.91. The van der Waals surface area contributed by atoms with Crippen molar-refractivity contribution in [3.05, 3.63) is 49.1 Å². The van der Waals surface area contributed by atoms with Gasteiger partial charge >= 0.3 is 5.97 Å². The highest BCUT2D eigenvalue weighted by Gasteiger charge is 2.01. The summed E-state index contributed by atoms with van der Waals surface area (Å²) < 4.78 is 4.50. The number of carbonyl (C=O) groups is 1. The number of methoxy groups -OCH3 is 1. The number of esters is 1. The standard InChI is InChI=1S/C10H12O2/c1-4-6-7-8-9(5-2)10(11)12-3/h4-8H,1-2H2,3H3/b7-6-,9-8+. The van der Waals surface area contributed by atoms with Crippen LogP contribution in [0.5, 0.6) is 0 Å². The van der Waals surface area contributed by atoms with Crippen LogP contribution < -0.4 is 0 Å². The number of hydrogen-bond acceptors (Lipinski definition) is 2. The second-order valence-electron chi connectivity index (χ2n) is 1.94. The van der Waals surface area contributed by atoms with Crippen LogP contribution in [0.25, 0.3) is 0 Å². The van der Waals surface area contributed by atoms with Gasteiger partial charge in [0.2, 0.25) is 0 Å². The van der Waals surface area contributed by atoms with E-state index in [9.17, 15) is 4.79 Å². The summed E-state index contributed by atoms with van der Waals surface area (Å²) in [6.45, 7) is 6.97. The first-order valence-electron chi connectivity index (χ1n) is 3.46. The lowest BCUT2D eigenvalue weighted by molar-refractivity contribution is -0.135. The quantitative estimate of drug-likeness (QED) is 0.361. The summed E-state index contributed by atoms with van der Waals surface area (Å²) in [5, 5.41) is 0. The summed E-state index contributed by atoms with van der Waals surface area (Å²) >= 11 is 0. The molecular weight excluding hydrogens is 152 g/mol. The Bertz CT molecular complexity index is 234. The van der Waals surface area contributed by atoms with Crippen LogP contribution in [-0.2, 0) is 9.53 Å². The van der Waals surface area contributed by atoms with Gasteiger partial charge < -0.3 is 4.74 Å². The van der Waals surface area contributed by atoms with Crippen molar-refractivity contribution >= 4 is 5.97 Å². The Morgan fingerprint density at radius 1 is 1.33 bits per heavy atom. The summed E-state index contributed by atoms with van der Waals surface area (Å²) in [5.41, 5.74) is 0.426. The zero-order valence-electron chi connectivity index (χ0n) is 7.12. The maximum Gasteiger partial charge on any atom is 0.337 e. The van der Waals surface area contributed by atoms with Crippen molar-refractivity contribution in [3.8, 4) is 0 Å². The van der Waals surface area contributed by atoms with Gasteiger partial charge in [0, 0.05) is 0 Å². The Kier molecular flexibility index (Phi) is 5.35. The van der Waals surface area contributed by atoms with Crippen LogP contribution in [-0.4, -0.2) is 13.1 Å². The van der Waals surface area contributed by atoms with Gasteiger partial charge in [0.15, 0.2) is 0 Å². The summed E-state index contributed by atoms with van der Waals surface area (Å²) in [6, 6.07) is 0. The summed E-state index contributed by atoms with van der Waals surface area (Å²) in [5.74, 6) is -0.390. The summed E-state index contributed by atoms with van der Waals surface area (Å²) in [7, 11) is 1.33. The minimum atomic E-state index is -0.390. The zero-order chi connectivity index (χ0) is 9.40. The van der Waals surface area contributed by atoms with Gasteiger partial charge in [0.05, 0.1) is 12.7 Å². The summed E-state index contributed by atoms with van der Waals surface area (Å²) in [6.07, 6.45) is 8.08. The molecule has 0 radical (unpaired) electrons. The van der Waals surface area contributed by atoms with Crippen LogP contribution in [0.2, 0.25) is 0 Å². The molecule has 2 nitrogen and oxygen atoms in total. The fraction of sp³-hybridized carbons (Fsp3) is 0.100. The average Bonchev–Trinajstić information content (AvgIpc) is 2.11. The molecule has 0 saturated carbocycles. The molecule has 0 saturated heterocycles. The lowest BCUT2D eigenvalue weighted by Gasteiger charge is -1.95. The predicted octanol–water partition coefficient (Wildman–Crippen LogP) is 2.01. The first-order chi connectivity index (χ1) is 5.76. The van der Waals surface area contributed by atoms with Crippen molar-refractivity contribution in [2.75, 3.05) is 7.11 Å². The molecule has 0 aromatic carbocycles. The SMILES string of the molecule is C=C/C=C\C=C(/C=C)C(=O)OC. The smallest absolute Gasteiger partial charge is 0.337 e. The molecule has 0 bridgehead atoms. The maximum absolute atomic E-state index is 10.9. The van der Waals surface area contributed by atoms with Gasteiger partial charge in [-0.05, 0) is 6.08 Å². The molecule has 0 N–H and O–H groups in total. The van der Waals surface area contributed by atoms with E-state index in [1.165, 1.54) is 13.2 Å². The van der Waals surface area contributed by atoms with Crippen LogP contribution in [0.15, 0.2) is 49.1 Å². The molecule has 0 aromatic rings. The summed E-state index contributed by atoms with van der Waals surface area (Å²) in [4.78, 5) is 10.9. The molecule has 0 rings (SSSR count). The number of allylic oxidation sites excluding steroid dienone is 4. The molecule has 0 aliphatic rings. The van der Waals surface area contributed by atoms with E-state index in [1.54, 1.807) is 24.3 Å². The van der Waals surface area contributed by atoms with Crippen LogP contribution >= 0.6 is 0 Å². The van der Waals surface area contributed by atoms with Crippen LogP contribution in [0.4, 0.5) is 0 Å². The Labute approximate surface area is 72.5 Å². The molecule has 0 fully saturated rings. The van der Waals surface area contributed by atoms with E-state index in [-0.39, 0.29) is 0 Å². The molecule has 2 heteroatoms. The molecule has 0 spiro atoms. The molecule has 0 aliphatic heterocycles. The topological polar surface area (TPSA) is 26.3 Å². The van der Waals surface area contributed by atoms with Gasteiger partial charge in [-0.1, -0.05) is 37.5 Å². The van der Waals surface area contributed by atoms with Gasteiger partial charge in [-0.15, -0.1) is 0 Å². The van der Waals surface area contributed by atoms with Gasteiger partial charge in [-0.25, -0.2) is 4.79 Å². The minimum absolute atomic E-state index is 0.390. The number of ether oxygens (including phenoxy) is 1. The Balaban J connectivity index is 4.42. The van der Waals surface area contributed by atoms with Gasteiger partial charge in [-0.3, -0.25) is 0 Å². The highest BCUT2D eigenvalue weighted by atomic mass is 16.5.